The van der Waals surface area contributed by atoms with Crippen LogP contribution in [0.15, 0.2) is 29.2 Å². The van der Waals surface area contributed by atoms with Crippen LogP contribution < -0.4 is 0 Å². The van der Waals surface area contributed by atoms with Crippen molar-refractivity contribution in [3.8, 4) is 0 Å². The summed E-state index contributed by atoms with van der Waals surface area (Å²) in [6.45, 7) is 3.86. The summed E-state index contributed by atoms with van der Waals surface area (Å²) in [7, 11) is 0. The van der Waals surface area contributed by atoms with Gasteiger partial charge in [0.2, 0.25) is 0 Å². The maximum atomic E-state index is 7.29. The number of hydrogen-bond acceptors (Lipinski definition) is 2. The minimum atomic E-state index is 0.638. The average molecular weight is 165 g/mol. The zero-order chi connectivity index (χ0) is 8.27. The SMILES string of the molecule is CC(=N)Sc1ccccc1C. The van der Waals surface area contributed by atoms with Gasteiger partial charge in [-0.25, -0.2) is 0 Å². The molecule has 58 valence electrons. The van der Waals surface area contributed by atoms with Crippen molar-refractivity contribution in [3.05, 3.63) is 29.8 Å². The van der Waals surface area contributed by atoms with Crippen LogP contribution in [0.3, 0.4) is 0 Å². The summed E-state index contributed by atoms with van der Waals surface area (Å²) in [5, 5.41) is 7.93. The van der Waals surface area contributed by atoms with Crippen LogP contribution in [0.1, 0.15) is 12.5 Å². The fraction of sp³-hybridized carbons (Fsp3) is 0.222. The number of nitrogens with one attached hydrogen (secondary N) is 1. The van der Waals surface area contributed by atoms with Gasteiger partial charge in [-0.05, 0) is 25.5 Å². The highest BCUT2D eigenvalue weighted by atomic mass is 32.2. The van der Waals surface area contributed by atoms with Gasteiger partial charge in [-0.2, -0.15) is 0 Å². The lowest BCUT2D eigenvalue weighted by Gasteiger charge is -2.01. The van der Waals surface area contributed by atoms with E-state index in [2.05, 4.69) is 13.0 Å². The molecular weight excluding hydrogens is 154 g/mol. The van der Waals surface area contributed by atoms with Gasteiger partial charge >= 0.3 is 0 Å². The molecule has 1 N–H and O–H groups in total. The molecule has 0 spiro atoms. The molecule has 1 nitrogen and oxygen atoms in total. The quantitative estimate of drug-likeness (QED) is 0.386. The molecule has 11 heavy (non-hydrogen) atoms. The maximum absolute atomic E-state index is 7.29. The van der Waals surface area contributed by atoms with Crippen molar-refractivity contribution in [2.45, 2.75) is 18.7 Å². The van der Waals surface area contributed by atoms with E-state index in [1.807, 2.05) is 18.2 Å². The van der Waals surface area contributed by atoms with Crippen LogP contribution in [-0.2, 0) is 0 Å². The van der Waals surface area contributed by atoms with Crippen molar-refractivity contribution in [2.75, 3.05) is 0 Å². The minimum Gasteiger partial charge on any atom is -0.298 e. The van der Waals surface area contributed by atoms with Gasteiger partial charge in [-0.3, -0.25) is 5.41 Å². The molecule has 1 rings (SSSR count). The lowest BCUT2D eigenvalue weighted by Crippen LogP contribution is -1.82. The predicted molar refractivity (Wildman–Crippen MR) is 50.4 cm³/mol. The normalized spacial score (nSPS) is 9.64. The average Bonchev–Trinajstić information content (AvgIpc) is 1.93. The summed E-state index contributed by atoms with van der Waals surface area (Å²) >= 11 is 1.51. The van der Waals surface area contributed by atoms with E-state index in [0.29, 0.717) is 5.04 Å². The lowest BCUT2D eigenvalue weighted by molar-refractivity contribution is 1.31. The molecule has 0 unspecified atom stereocenters. The van der Waals surface area contributed by atoms with Gasteiger partial charge in [-0.1, -0.05) is 30.0 Å². The van der Waals surface area contributed by atoms with Crippen LogP contribution in [0.2, 0.25) is 0 Å². The van der Waals surface area contributed by atoms with Gasteiger partial charge in [0.25, 0.3) is 0 Å². The van der Waals surface area contributed by atoms with Crippen LogP contribution in [0.25, 0.3) is 0 Å². The zero-order valence-corrected chi connectivity index (χ0v) is 7.53. The summed E-state index contributed by atoms with van der Waals surface area (Å²) in [6.07, 6.45) is 0. The first kappa shape index (κ1) is 8.34. The number of rotatable bonds is 1. The van der Waals surface area contributed by atoms with Crippen molar-refractivity contribution < 1.29 is 0 Å². The molecule has 0 aliphatic heterocycles. The summed E-state index contributed by atoms with van der Waals surface area (Å²) < 4.78 is 0. The topological polar surface area (TPSA) is 23.9 Å². The van der Waals surface area contributed by atoms with Gasteiger partial charge < -0.3 is 0 Å². The Labute approximate surface area is 71.3 Å². The third-order valence-corrected chi connectivity index (χ3v) is 2.34. The first-order valence-corrected chi connectivity index (χ1v) is 4.30. The van der Waals surface area contributed by atoms with Crippen LogP contribution in [0.4, 0.5) is 0 Å². The number of aryl methyl sites for hydroxylation is 1. The summed E-state index contributed by atoms with van der Waals surface area (Å²) in [5.74, 6) is 0. The van der Waals surface area contributed by atoms with Crippen LogP contribution in [-0.4, -0.2) is 5.04 Å². The molecular formula is C9H11NS. The smallest absolute Gasteiger partial charge is 0.0658 e. The second-order valence-corrected chi connectivity index (χ2v) is 3.68. The summed E-state index contributed by atoms with van der Waals surface area (Å²) in [5.41, 5.74) is 1.24. The second-order valence-electron chi connectivity index (χ2n) is 2.42. The summed E-state index contributed by atoms with van der Waals surface area (Å²) in [6, 6.07) is 8.11. The molecule has 0 amide bonds. The zero-order valence-electron chi connectivity index (χ0n) is 6.72. The molecule has 0 heterocycles. The number of benzene rings is 1. The van der Waals surface area contributed by atoms with Gasteiger partial charge in [-0.15, -0.1) is 0 Å². The number of hydrogen-bond donors (Lipinski definition) is 1. The van der Waals surface area contributed by atoms with Crippen LogP contribution >= 0.6 is 11.8 Å². The highest BCUT2D eigenvalue weighted by Gasteiger charge is 1.97. The van der Waals surface area contributed by atoms with Crippen LogP contribution in [0, 0.1) is 12.3 Å². The van der Waals surface area contributed by atoms with Gasteiger partial charge in [0.05, 0.1) is 5.04 Å². The standard InChI is InChI=1S/C9H11NS/c1-7-5-3-4-6-9(7)11-8(2)10/h3-6,10H,1-2H3. The molecule has 1 aromatic carbocycles. The monoisotopic (exact) mass is 165 g/mol. The van der Waals surface area contributed by atoms with Crippen LogP contribution in [0.5, 0.6) is 0 Å². The Morgan fingerprint density at radius 1 is 1.36 bits per heavy atom. The lowest BCUT2D eigenvalue weighted by atomic mass is 10.2. The van der Waals surface area contributed by atoms with Crippen molar-refractivity contribution in [3.63, 3.8) is 0 Å². The molecule has 0 saturated heterocycles. The first-order valence-electron chi connectivity index (χ1n) is 3.49. The summed E-state index contributed by atoms with van der Waals surface area (Å²) in [4.78, 5) is 1.18. The molecule has 0 bridgehead atoms. The van der Waals surface area contributed by atoms with E-state index >= 15 is 0 Å². The molecule has 0 aliphatic rings. The van der Waals surface area contributed by atoms with Gasteiger partial charge in [0.15, 0.2) is 0 Å². The Kier molecular flexibility index (Phi) is 2.71. The highest BCUT2D eigenvalue weighted by molar-refractivity contribution is 8.13. The Morgan fingerprint density at radius 2 is 2.00 bits per heavy atom. The Balaban J connectivity index is 2.86. The maximum Gasteiger partial charge on any atom is 0.0658 e. The van der Waals surface area contributed by atoms with Crippen molar-refractivity contribution in [2.24, 2.45) is 0 Å². The largest absolute Gasteiger partial charge is 0.298 e. The molecule has 2 heteroatoms. The third-order valence-electron chi connectivity index (χ3n) is 1.36. The fourth-order valence-corrected chi connectivity index (χ4v) is 1.54. The Morgan fingerprint density at radius 3 is 2.55 bits per heavy atom. The minimum absolute atomic E-state index is 0.638. The molecule has 0 saturated carbocycles. The fourth-order valence-electron chi connectivity index (χ4n) is 0.836. The molecule has 0 atom stereocenters. The van der Waals surface area contributed by atoms with Crippen molar-refractivity contribution in [1.82, 2.24) is 0 Å². The molecule has 0 radical (unpaired) electrons. The molecule has 0 aromatic heterocycles. The predicted octanol–water partition coefficient (Wildman–Crippen LogP) is 3.08. The molecule has 1 aromatic rings. The molecule has 0 aliphatic carbocycles. The molecule has 0 fully saturated rings. The third kappa shape index (κ3) is 2.39. The highest BCUT2D eigenvalue weighted by Crippen LogP contribution is 2.21. The van der Waals surface area contributed by atoms with E-state index in [4.69, 9.17) is 5.41 Å². The first-order chi connectivity index (χ1) is 5.20. The van der Waals surface area contributed by atoms with E-state index in [-0.39, 0.29) is 0 Å². The Hall–Kier alpha value is -0.760. The van der Waals surface area contributed by atoms with E-state index in [9.17, 15) is 0 Å². The Bertz CT molecular complexity index is 268. The van der Waals surface area contributed by atoms with E-state index in [1.165, 1.54) is 22.2 Å². The van der Waals surface area contributed by atoms with Crippen molar-refractivity contribution >= 4 is 16.8 Å². The number of thioether (sulfide) groups is 1. The van der Waals surface area contributed by atoms with Gasteiger partial charge in [0.1, 0.15) is 0 Å². The van der Waals surface area contributed by atoms with E-state index in [1.54, 1.807) is 6.92 Å². The van der Waals surface area contributed by atoms with Gasteiger partial charge in [0, 0.05) is 4.90 Å². The van der Waals surface area contributed by atoms with Crippen molar-refractivity contribution in [1.29, 1.82) is 5.41 Å². The van der Waals surface area contributed by atoms with E-state index < -0.39 is 0 Å². The van der Waals surface area contributed by atoms with E-state index in [0.717, 1.165) is 0 Å². The second kappa shape index (κ2) is 3.58.